The second-order valence-electron chi connectivity index (χ2n) is 5.94. The lowest BCUT2D eigenvalue weighted by Gasteiger charge is -2.18. The highest BCUT2D eigenvalue weighted by atomic mass is 32.2. The maximum Gasteiger partial charge on any atom is 0.291 e. The topological polar surface area (TPSA) is 88.4 Å². The van der Waals surface area contributed by atoms with Crippen molar-refractivity contribution in [2.24, 2.45) is 0 Å². The van der Waals surface area contributed by atoms with E-state index in [2.05, 4.69) is 10.0 Å². The molecule has 0 bridgehead atoms. The lowest BCUT2D eigenvalue weighted by Crippen LogP contribution is -2.40. The number of rotatable bonds is 4. The van der Waals surface area contributed by atoms with Crippen LogP contribution in [0.15, 0.2) is 45.9 Å². The molecule has 0 radical (unpaired) electrons. The zero-order chi connectivity index (χ0) is 17.3. The number of amides is 1. The number of anilines is 1. The third-order valence-electron chi connectivity index (χ3n) is 2.61. The molecule has 0 saturated heterocycles. The quantitative estimate of drug-likeness (QED) is 0.896. The van der Waals surface area contributed by atoms with Gasteiger partial charge in [-0.15, -0.1) is 0 Å². The predicted octanol–water partition coefficient (Wildman–Crippen LogP) is 2.75. The van der Waals surface area contributed by atoms with Crippen LogP contribution in [0.25, 0.3) is 0 Å². The summed E-state index contributed by atoms with van der Waals surface area (Å²) >= 11 is 0. The van der Waals surface area contributed by atoms with Gasteiger partial charge in [0.2, 0.25) is 5.09 Å². The number of carbonyl (C=O) groups is 1. The Kier molecular flexibility index (Phi) is 4.58. The van der Waals surface area contributed by atoms with Crippen LogP contribution in [0.5, 0.6) is 0 Å². The predicted molar refractivity (Wildman–Crippen MR) is 83.1 cm³/mol. The Hall–Kier alpha value is -2.19. The van der Waals surface area contributed by atoms with Crippen LogP contribution in [-0.2, 0) is 10.0 Å². The van der Waals surface area contributed by atoms with Crippen molar-refractivity contribution in [2.75, 3.05) is 5.32 Å². The van der Waals surface area contributed by atoms with Crippen molar-refractivity contribution in [1.29, 1.82) is 0 Å². The maximum atomic E-state index is 12.8. The van der Waals surface area contributed by atoms with Crippen molar-refractivity contribution >= 4 is 21.6 Å². The Balaban J connectivity index is 2.15. The van der Waals surface area contributed by atoms with Crippen molar-refractivity contribution in [1.82, 2.24) is 4.72 Å². The van der Waals surface area contributed by atoms with E-state index in [4.69, 9.17) is 4.42 Å². The minimum absolute atomic E-state index is 0.163. The first-order valence-corrected chi connectivity index (χ1v) is 8.26. The molecule has 1 aromatic heterocycles. The van der Waals surface area contributed by atoms with Crippen LogP contribution in [-0.4, -0.2) is 19.9 Å². The average Bonchev–Trinajstić information content (AvgIpc) is 2.89. The first-order chi connectivity index (χ1) is 10.6. The summed E-state index contributed by atoms with van der Waals surface area (Å²) in [6, 6.07) is 7.62. The minimum atomic E-state index is -3.86. The van der Waals surface area contributed by atoms with Gasteiger partial charge in [-0.1, -0.05) is 0 Å². The average molecular weight is 340 g/mol. The molecule has 0 atom stereocenters. The molecule has 23 heavy (non-hydrogen) atoms. The van der Waals surface area contributed by atoms with Crippen LogP contribution < -0.4 is 10.0 Å². The molecule has 8 heteroatoms. The molecule has 2 rings (SSSR count). The van der Waals surface area contributed by atoms with Gasteiger partial charge in [-0.2, -0.15) is 0 Å². The third-order valence-corrected chi connectivity index (χ3v) is 4.24. The summed E-state index contributed by atoms with van der Waals surface area (Å²) in [5, 5.41) is 2.13. The van der Waals surface area contributed by atoms with E-state index in [9.17, 15) is 17.6 Å². The highest BCUT2D eigenvalue weighted by molar-refractivity contribution is 7.89. The second-order valence-corrected chi connectivity index (χ2v) is 7.55. The first-order valence-electron chi connectivity index (χ1n) is 6.77. The minimum Gasteiger partial charge on any atom is -0.438 e. The Morgan fingerprint density at radius 1 is 1.09 bits per heavy atom. The van der Waals surface area contributed by atoms with Gasteiger partial charge in [0.1, 0.15) is 5.82 Å². The van der Waals surface area contributed by atoms with Crippen molar-refractivity contribution in [3.05, 3.63) is 48.0 Å². The smallest absolute Gasteiger partial charge is 0.291 e. The fraction of sp³-hybridized carbons (Fsp3) is 0.267. The van der Waals surface area contributed by atoms with E-state index >= 15 is 0 Å². The summed E-state index contributed by atoms with van der Waals surface area (Å²) in [5.41, 5.74) is -0.313. The van der Waals surface area contributed by atoms with E-state index in [-0.39, 0.29) is 10.9 Å². The lowest BCUT2D eigenvalue weighted by atomic mass is 10.1. The van der Waals surface area contributed by atoms with Crippen molar-refractivity contribution in [3.8, 4) is 0 Å². The van der Waals surface area contributed by atoms with Gasteiger partial charge in [0.25, 0.3) is 15.9 Å². The monoisotopic (exact) mass is 340 g/mol. The van der Waals surface area contributed by atoms with Crippen LogP contribution in [0.2, 0.25) is 0 Å². The Bertz CT molecular complexity index is 805. The number of nitrogens with one attached hydrogen (secondary N) is 2. The third kappa shape index (κ3) is 4.64. The molecule has 0 fully saturated rings. The van der Waals surface area contributed by atoms with Gasteiger partial charge in [0, 0.05) is 11.2 Å². The van der Waals surface area contributed by atoms with Crippen molar-refractivity contribution in [2.45, 2.75) is 31.4 Å². The van der Waals surface area contributed by atoms with Gasteiger partial charge in [-0.05, 0) is 57.2 Å². The number of hydrogen-bond acceptors (Lipinski definition) is 4. The molecule has 1 amide bonds. The molecule has 0 aliphatic heterocycles. The van der Waals surface area contributed by atoms with Crippen molar-refractivity contribution < 1.29 is 22.0 Å². The van der Waals surface area contributed by atoms with Gasteiger partial charge in [0.05, 0.1) is 0 Å². The first kappa shape index (κ1) is 17.2. The molecule has 0 aliphatic rings. The molecular formula is C15H17FN2O4S. The van der Waals surface area contributed by atoms with E-state index in [0.29, 0.717) is 5.69 Å². The summed E-state index contributed by atoms with van der Waals surface area (Å²) in [5.74, 6) is -1.22. The number of hydrogen-bond donors (Lipinski definition) is 2. The molecule has 2 aromatic rings. The Morgan fingerprint density at radius 2 is 1.70 bits per heavy atom. The summed E-state index contributed by atoms with van der Waals surface area (Å²) in [7, 11) is -3.86. The molecular weight excluding hydrogens is 323 g/mol. The van der Waals surface area contributed by atoms with Gasteiger partial charge >= 0.3 is 0 Å². The zero-order valence-electron chi connectivity index (χ0n) is 12.9. The summed E-state index contributed by atoms with van der Waals surface area (Å²) in [6.45, 7) is 5.07. The SMILES string of the molecule is CC(C)(C)NS(=O)(=O)c1ccc(C(=O)Nc2ccc(F)cc2)o1. The van der Waals surface area contributed by atoms with E-state index in [1.54, 1.807) is 20.8 Å². The zero-order valence-corrected chi connectivity index (χ0v) is 13.7. The molecule has 0 spiro atoms. The van der Waals surface area contributed by atoms with Crippen LogP contribution in [0, 0.1) is 5.82 Å². The van der Waals surface area contributed by atoms with Gasteiger partial charge < -0.3 is 9.73 Å². The van der Waals surface area contributed by atoms with E-state index < -0.39 is 27.3 Å². The normalized spacial score (nSPS) is 12.2. The largest absolute Gasteiger partial charge is 0.438 e. The van der Waals surface area contributed by atoms with Crippen LogP contribution in [0.3, 0.4) is 0 Å². The van der Waals surface area contributed by atoms with Crippen molar-refractivity contribution in [3.63, 3.8) is 0 Å². The van der Waals surface area contributed by atoms with E-state index in [0.717, 1.165) is 0 Å². The highest BCUT2D eigenvalue weighted by Gasteiger charge is 2.26. The number of benzene rings is 1. The Morgan fingerprint density at radius 3 is 2.26 bits per heavy atom. The Labute approximate surface area is 133 Å². The molecule has 124 valence electrons. The van der Waals surface area contributed by atoms with Gasteiger partial charge in [-0.25, -0.2) is 17.5 Å². The molecule has 1 heterocycles. The number of carbonyl (C=O) groups excluding carboxylic acids is 1. The highest BCUT2D eigenvalue weighted by Crippen LogP contribution is 2.18. The van der Waals surface area contributed by atoms with Crippen LogP contribution in [0.1, 0.15) is 31.3 Å². The van der Waals surface area contributed by atoms with Gasteiger partial charge in [-0.3, -0.25) is 4.79 Å². The van der Waals surface area contributed by atoms with Crippen LogP contribution in [0.4, 0.5) is 10.1 Å². The fourth-order valence-electron chi connectivity index (χ4n) is 1.77. The van der Waals surface area contributed by atoms with E-state index in [1.807, 2.05) is 0 Å². The summed E-state index contributed by atoms with van der Waals surface area (Å²) < 4.78 is 44.6. The second kappa shape index (κ2) is 6.13. The van der Waals surface area contributed by atoms with Crippen LogP contribution >= 0.6 is 0 Å². The molecule has 0 aliphatic carbocycles. The number of sulfonamides is 1. The van der Waals surface area contributed by atoms with E-state index in [1.165, 1.54) is 36.4 Å². The molecule has 1 aromatic carbocycles. The summed E-state index contributed by atoms with van der Waals surface area (Å²) in [4.78, 5) is 12.0. The molecule has 6 nitrogen and oxygen atoms in total. The fourth-order valence-corrected chi connectivity index (χ4v) is 3.12. The maximum absolute atomic E-state index is 12.8. The molecule has 0 saturated carbocycles. The lowest BCUT2D eigenvalue weighted by molar-refractivity contribution is 0.0991. The number of furan rings is 1. The standard InChI is InChI=1S/C15H17FN2O4S/c1-15(2,3)18-23(20,21)13-9-8-12(22-13)14(19)17-11-6-4-10(16)5-7-11/h4-9,18H,1-3H3,(H,17,19). The van der Waals surface area contributed by atoms with Gasteiger partial charge in [0.15, 0.2) is 5.76 Å². The molecule has 2 N–H and O–H groups in total. The number of halogens is 1. The summed E-state index contributed by atoms with van der Waals surface area (Å²) in [6.07, 6.45) is 0. The molecule has 0 unspecified atom stereocenters.